The monoisotopic (exact) mass is 922 g/mol. The lowest BCUT2D eigenvalue weighted by molar-refractivity contribution is -0.199. The van der Waals surface area contributed by atoms with Gasteiger partial charge in [-0.25, -0.2) is 0 Å². The van der Waals surface area contributed by atoms with Crippen molar-refractivity contribution < 1.29 is 95.4 Å². The number of likely N-dealkylation sites (N-methyl/N-ethyl adjacent to an activating group) is 1. The second kappa shape index (κ2) is 33.4. The van der Waals surface area contributed by atoms with E-state index in [9.17, 15) is 57.5 Å². The van der Waals surface area contributed by atoms with Crippen molar-refractivity contribution in [2.45, 2.75) is 119 Å². The molecular formula is C35H56Cl2N4O20. The molecule has 26 heteroatoms. The molecule has 0 heterocycles. The normalized spacial score (nSPS) is 13.9. The molecule has 0 aliphatic carbocycles. The first-order valence-electron chi connectivity index (χ1n) is 17.3. The minimum atomic E-state index is -1.98. The van der Waals surface area contributed by atoms with Crippen molar-refractivity contribution in [2.24, 2.45) is 11.5 Å². The summed E-state index contributed by atoms with van der Waals surface area (Å²) in [6.07, 6.45) is -14.9. The van der Waals surface area contributed by atoms with Crippen LogP contribution in [0.2, 0.25) is 0 Å². The van der Waals surface area contributed by atoms with Gasteiger partial charge in [-0.05, 0) is 37.2 Å². The number of hydrogen-bond acceptors (Lipinski definition) is 23. The van der Waals surface area contributed by atoms with Crippen LogP contribution in [0, 0.1) is 0 Å². The SMILES string of the molecule is C.CC(=O)O[C@@H]([C@H](OC(C)=O)[C@@H](OC(C)=O)C(=O)Cl)[C@H](OC(C)=O)C(=O)Cl.CNCCNC(=O)[C@H](OC(C)=O)[C@@H](OC(C)=O)[C@H](OC(C)=O)[C@H](OC(C)=O)C(C)=O.NCCN. The van der Waals surface area contributed by atoms with Gasteiger partial charge in [0, 0.05) is 81.6 Å². The number of hydrogen-bond donors (Lipinski definition) is 4. The molecule has 0 saturated heterocycles. The van der Waals surface area contributed by atoms with Crippen molar-refractivity contribution in [1.29, 1.82) is 0 Å². The number of carbonyl (C=O) groups excluding carboxylic acids is 12. The maximum absolute atomic E-state index is 12.6. The van der Waals surface area contributed by atoms with E-state index in [0.717, 1.165) is 62.3 Å². The van der Waals surface area contributed by atoms with Crippen LogP contribution in [0.15, 0.2) is 0 Å². The predicted molar refractivity (Wildman–Crippen MR) is 209 cm³/mol. The zero-order valence-electron chi connectivity index (χ0n) is 34.5. The number of amides is 1. The zero-order chi connectivity index (χ0) is 47.4. The van der Waals surface area contributed by atoms with Gasteiger partial charge >= 0.3 is 47.8 Å². The molecule has 6 N–H and O–H groups in total. The summed E-state index contributed by atoms with van der Waals surface area (Å²) >= 11 is 10.7. The first-order chi connectivity index (χ1) is 27.7. The van der Waals surface area contributed by atoms with Crippen LogP contribution < -0.4 is 22.1 Å². The fourth-order valence-electron chi connectivity index (χ4n) is 4.23. The van der Waals surface area contributed by atoms with Crippen molar-refractivity contribution in [1.82, 2.24) is 10.6 Å². The Balaban J connectivity index is -0.000000485. The number of carbonyl (C=O) groups is 12. The minimum Gasteiger partial charge on any atom is -0.454 e. The third-order valence-corrected chi connectivity index (χ3v) is 6.60. The molecule has 0 fully saturated rings. The summed E-state index contributed by atoms with van der Waals surface area (Å²) in [6.45, 7) is 10.4. The van der Waals surface area contributed by atoms with Crippen molar-refractivity contribution in [3.63, 3.8) is 0 Å². The average Bonchev–Trinajstić information content (AvgIpc) is 3.10. The van der Waals surface area contributed by atoms with Crippen LogP contribution in [-0.4, -0.2) is 152 Å². The van der Waals surface area contributed by atoms with Crippen LogP contribution >= 0.6 is 23.2 Å². The van der Waals surface area contributed by atoms with Crippen molar-refractivity contribution in [3.8, 4) is 0 Å². The van der Waals surface area contributed by atoms with E-state index in [0.29, 0.717) is 19.6 Å². The molecular weight excluding hydrogens is 867 g/mol. The van der Waals surface area contributed by atoms with E-state index in [1.165, 1.54) is 0 Å². The smallest absolute Gasteiger partial charge is 0.303 e. The lowest BCUT2D eigenvalue weighted by Gasteiger charge is -2.34. The zero-order valence-corrected chi connectivity index (χ0v) is 36.0. The molecule has 1 amide bonds. The van der Waals surface area contributed by atoms with Gasteiger partial charge in [-0.2, -0.15) is 0 Å². The summed E-state index contributed by atoms with van der Waals surface area (Å²) in [7, 11) is 1.64. The highest BCUT2D eigenvalue weighted by atomic mass is 35.5. The highest BCUT2D eigenvalue weighted by Gasteiger charge is 2.49. The number of ether oxygens (including phenoxy) is 8. The Bertz CT molecular complexity index is 1480. The molecule has 0 rings (SSSR count). The van der Waals surface area contributed by atoms with Gasteiger partial charge in [-0.1, -0.05) is 7.43 Å². The molecule has 8 atom stereocenters. The second-order valence-electron chi connectivity index (χ2n) is 11.6. The fourth-order valence-corrected chi connectivity index (χ4v) is 4.57. The summed E-state index contributed by atoms with van der Waals surface area (Å²) < 4.78 is 39.2. The summed E-state index contributed by atoms with van der Waals surface area (Å²) in [5.41, 5.74) is 9.81. The quantitative estimate of drug-likeness (QED) is 0.0412. The molecule has 0 spiro atoms. The van der Waals surface area contributed by atoms with Gasteiger partial charge in [0.25, 0.3) is 16.4 Å². The van der Waals surface area contributed by atoms with Gasteiger partial charge in [0.05, 0.1) is 0 Å². The van der Waals surface area contributed by atoms with Crippen LogP contribution in [0.3, 0.4) is 0 Å². The lowest BCUT2D eigenvalue weighted by atomic mass is 9.98. The van der Waals surface area contributed by atoms with Crippen molar-refractivity contribution >= 4 is 93.1 Å². The number of nitrogens with two attached hydrogens (primary N) is 2. The van der Waals surface area contributed by atoms with Gasteiger partial charge in [0.2, 0.25) is 18.3 Å². The predicted octanol–water partition coefficient (Wildman–Crippen LogP) is -1.58. The highest BCUT2D eigenvalue weighted by Crippen LogP contribution is 2.23. The second-order valence-corrected chi connectivity index (χ2v) is 12.4. The minimum absolute atomic E-state index is 0. The van der Waals surface area contributed by atoms with Crippen LogP contribution in [-0.2, 0) is 95.4 Å². The molecule has 350 valence electrons. The maximum atomic E-state index is 12.6. The average molecular weight is 924 g/mol. The maximum Gasteiger partial charge on any atom is 0.303 e. The van der Waals surface area contributed by atoms with Gasteiger partial charge in [0.15, 0.2) is 36.3 Å². The number of ketones is 1. The Morgan fingerprint density at radius 2 is 0.672 bits per heavy atom. The molecule has 0 aromatic heterocycles. The van der Waals surface area contributed by atoms with Crippen LogP contribution in [0.1, 0.15) is 69.7 Å². The molecule has 0 radical (unpaired) electrons. The van der Waals surface area contributed by atoms with Crippen LogP contribution in [0.4, 0.5) is 0 Å². The largest absolute Gasteiger partial charge is 0.454 e. The number of esters is 8. The standard InChI is InChI=1S/C18H28N2O10.C14H16Cl2O10.C2H8N2.CH4/c1-9(21)14(27-10(2)22)15(28-11(3)23)16(29-12(4)24)17(30-13(5)25)18(26)20-8-7-19-6;1-5(17)23-9(11(13(15)21)25-7(3)19)10(24-6(2)18)12(14(16)22)26-8(4)20;3-1-2-4;/h14-17,19H,7-8H2,1-6H3,(H,20,26);9-12H,1-4H3;1-4H2;1H4/t14-,15-,16+,17-;9-,10-,11-,12+;;/m10../s1. The fraction of sp³-hybridized carbons (Fsp3) is 0.657. The van der Waals surface area contributed by atoms with E-state index < -0.39 is 119 Å². The Morgan fingerprint density at radius 3 is 0.902 bits per heavy atom. The third kappa shape index (κ3) is 28.7. The third-order valence-electron chi connectivity index (χ3n) is 6.17. The van der Waals surface area contributed by atoms with E-state index in [2.05, 4.69) is 20.1 Å². The molecule has 0 aliphatic rings. The summed E-state index contributed by atoms with van der Waals surface area (Å²) in [5, 5.41) is 2.62. The van der Waals surface area contributed by atoms with Gasteiger partial charge < -0.3 is 60.0 Å². The van der Waals surface area contributed by atoms with Crippen LogP contribution in [0.5, 0.6) is 0 Å². The summed E-state index contributed by atoms with van der Waals surface area (Å²) in [6, 6.07) is 0. The van der Waals surface area contributed by atoms with E-state index in [4.69, 9.17) is 63.1 Å². The Hall–Kier alpha value is -5.30. The number of halogens is 2. The topological polar surface area (TPSA) is 355 Å². The van der Waals surface area contributed by atoms with Crippen molar-refractivity contribution in [2.75, 3.05) is 33.2 Å². The van der Waals surface area contributed by atoms with Gasteiger partial charge in [-0.3, -0.25) is 57.5 Å². The molecule has 0 bridgehead atoms. The number of rotatable bonds is 22. The summed E-state index contributed by atoms with van der Waals surface area (Å²) in [4.78, 5) is 140. The van der Waals surface area contributed by atoms with E-state index >= 15 is 0 Å². The highest BCUT2D eigenvalue weighted by molar-refractivity contribution is 6.65. The first kappa shape index (κ1) is 62.4. The molecule has 24 nitrogen and oxygen atoms in total. The van der Waals surface area contributed by atoms with Crippen molar-refractivity contribution in [3.05, 3.63) is 0 Å². The Labute approximate surface area is 361 Å². The Kier molecular flexibility index (Phi) is 34.2. The molecule has 0 aliphatic heterocycles. The van der Waals surface area contributed by atoms with Gasteiger partial charge in [-0.15, -0.1) is 0 Å². The summed E-state index contributed by atoms with van der Waals surface area (Å²) in [5.74, 6) is -9.30. The van der Waals surface area contributed by atoms with E-state index in [1.807, 2.05) is 0 Å². The molecule has 0 unspecified atom stereocenters. The van der Waals surface area contributed by atoms with Gasteiger partial charge in [0.1, 0.15) is 0 Å². The van der Waals surface area contributed by atoms with Crippen LogP contribution in [0.25, 0.3) is 0 Å². The van der Waals surface area contributed by atoms with E-state index in [-0.39, 0.29) is 14.0 Å². The lowest BCUT2D eigenvalue weighted by Crippen LogP contribution is -2.57. The number of nitrogens with one attached hydrogen (secondary N) is 2. The number of Topliss-reactive ketones (excluding diaryl/α,β-unsaturated/α-hetero) is 1. The molecule has 61 heavy (non-hydrogen) atoms. The Morgan fingerprint density at radius 1 is 0.426 bits per heavy atom. The molecule has 0 saturated carbocycles. The van der Waals surface area contributed by atoms with E-state index in [1.54, 1.807) is 7.05 Å². The first-order valence-corrected chi connectivity index (χ1v) is 18.0. The molecule has 0 aromatic rings. The molecule has 0 aromatic carbocycles.